The van der Waals surface area contributed by atoms with E-state index in [0.717, 1.165) is 77.2 Å². The summed E-state index contributed by atoms with van der Waals surface area (Å²) in [5.74, 6) is 2.10. The zero-order valence-corrected chi connectivity index (χ0v) is 17.9. The number of ether oxygens (including phenoxy) is 1. The van der Waals surface area contributed by atoms with Gasteiger partial charge < -0.3 is 14.7 Å². The third-order valence-corrected chi connectivity index (χ3v) is 7.58. The van der Waals surface area contributed by atoms with Crippen molar-refractivity contribution in [3.63, 3.8) is 0 Å². The number of fused-ring (bicyclic) bond motifs is 3. The molecule has 0 aromatic carbocycles. The van der Waals surface area contributed by atoms with Gasteiger partial charge in [0, 0.05) is 50.7 Å². The van der Waals surface area contributed by atoms with E-state index < -0.39 is 0 Å². The number of aromatic nitrogens is 2. The van der Waals surface area contributed by atoms with Crippen LogP contribution in [0.1, 0.15) is 29.1 Å². The monoisotopic (exact) mass is 417 g/mol. The van der Waals surface area contributed by atoms with Gasteiger partial charge in [0.15, 0.2) is 0 Å². The Morgan fingerprint density at radius 2 is 1.72 bits per heavy atom. The molecule has 158 valence electrons. The van der Waals surface area contributed by atoms with Crippen molar-refractivity contribution in [2.75, 3.05) is 70.5 Å². The second kappa shape index (κ2) is 8.81. The van der Waals surface area contributed by atoms with Crippen LogP contribution in [0.5, 0.6) is 0 Å². The van der Waals surface area contributed by atoms with E-state index in [4.69, 9.17) is 14.7 Å². The van der Waals surface area contributed by atoms with Crippen LogP contribution in [0.15, 0.2) is 0 Å². The fourth-order valence-electron chi connectivity index (χ4n) is 4.76. The van der Waals surface area contributed by atoms with Gasteiger partial charge in [-0.25, -0.2) is 9.97 Å². The molecule has 1 N–H and O–H groups in total. The van der Waals surface area contributed by atoms with Crippen molar-refractivity contribution in [1.29, 1.82) is 0 Å². The Morgan fingerprint density at radius 1 is 0.931 bits per heavy atom. The van der Waals surface area contributed by atoms with Gasteiger partial charge >= 0.3 is 0 Å². The minimum atomic E-state index is 0.236. The van der Waals surface area contributed by atoms with Crippen LogP contribution in [0, 0.1) is 0 Å². The summed E-state index contributed by atoms with van der Waals surface area (Å²) in [7, 11) is 0. The van der Waals surface area contributed by atoms with Crippen LogP contribution in [0.2, 0.25) is 0 Å². The maximum Gasteiger partial charge on any atom is 0.146 e. The first-order valence-corrected chi connectivity index (χ1v) is 11.8. The Kier molecular flexibility index (Phi) is 5.97. The molecule has 3 aliphatic rings. The third-order valence-electron chi connectivity index (χ3n) is 6.40. The number of aliphatic hydroxyl groups is 1. The van der Waals surface area contributed by atoms with Crippen LogP contribution in [0.3, 0.4) is 0 Å². The summed E-state index contributed by atoms with van der Waals surface area (Å²) >= 11 is 1.90. The van der Waals surface area contributed by atoms with Crippen LogP contribution in [-0.2, 0) is 24.1 Å². The largest absolute Gasteiger partial charge is 0.395 e. The quantitative estimate of drug-likeness (QED) is 0.791. The lowest BCUT2D eigenvalue weighted by Gasteiger charge is -2.35. The maximum absolute atomic E-state index is 9.25. The zero-order valence-electron chi connectivity index (χ0n) is 17.1. The Morgan fingerprint density at radius 3 is 2.52 bits per heavy atom. The summed E-state index contributed by atoms with van der Waals surface area (Å²) in [5.41, 5.74) is 1.52. The molecule has 7 nitrogen and oxygen atoms in total. The van der Waals surface area contributed by atoms with Gasteiger partial charge in [-0.3, -0.25) is 9.80 Å². The number of aryl methyl sites for hydroxylation is 2. The lowest BCUT2D eigenvalue weighted by molar-refractivity contribution is 0.0331. The van der Waals surface area contributed by atoms with Gasteiger partial charge in [0.25, 0.3) is 0 Å². The Hall–Kier alpha value is -1.32. The van der Waals surface area contributed by atoms with E-state index in [1.807, 2.05) is 11.3 Å². The lowest BCUT2D eigenvalue weighted by atomic mass is 9.97. The molecule has 2 saturated heterocycles. The van der Waals surface area contributed by atoms with E-state index in [1.54, 1.807) is 0 Å². The van der Waals surface area contributed by atoms with Gasteiger partial charge in [0.05, 0.1) is 31.8 Å². The van der Waals surface area contributed by atoms with Crippen LogP contribution >= 0.6 is 11.3 Å². The minimum absolute atomic E-state index is 0.236. The van der Waals surface area contributed by atoms with Crippen molar-refractivity contribution in [2.24, 2.45) is 0 Å². The van der Waals surface area contributed by atoms with E-state index in [0.29, 0.717) is 0 Å². The molecule has 2 fully saturated rings. The molecule has 0 amide bonds. The summed E-state index contributed by atoms with van der Waals surface area (Å²) in [6.07, 6.45) is 4.93. The number of rotatable bonds is 5. The number of hydrogen-bond donors (Lipinski definition) is 1. The standard InChI is InChI=1S/C21H31N5O2S/c27-12-9-24-5-7-26(8-6-24)20-19-16-3-1-2-4-17(16)29-21(19)23-18(22-20)15-25-10-13-28-14-11-25/h27H,1-15H2. The number of piperazine rings is 1. The second-order valence-electron chi connectivity index (χ2n) is 8.30. The van der Waals surface area contributed by atoms with Crippen molar-refractivity contribution >= 4 is 27.4 Å². The maximum atomic E-state index is 9.25. The van der Waals surface area contributed by atoms with Gasteiger partial charge in [-0.15, -0.1) is 11.3 Å². The zero-order chi connectivity index (χ0) is 19.6. The molecular weight excluding hydrogens is 386 g/mol. The molecule has 0 bridgehead atoms. The molecule has 0 spiro atoms. The molecule has 5 rings (SSSR count). The normalized spacial score (nSPS) is 21.6. The highest BCUT2D eigenvalue weighted by atomic mass is 32.1. The fraction of sp³-hybridized carbons (Fsp3) is 0.714. The second-order valence-corrected chi connectivity index (χ2v) is 9.38. The van der Waals surface area contributed by atoms with E-state index in [9.17, 15) is 5.11 Å². The number of thiophene rings is 1. The van der Waals surface area contributed by atoms with Crippen LogP contribution in [0.25, 0.3) is 10.2 Å². The highest BCUT2D eigenvalue weighted by Crippen LogP contribution is 2.40. The first-order chi connectivity index (χ1) is 14.3. The third kappa shape index (κ3) is 4.14. The number of anilines is 1. The predicted octanol–water partition coefficient (Wildman–Crippen LogP) is 1.52. The van der Waals surface area contributed by atoms with E-state index in [1.165, 1.54) is 46.3 Å². The molecule has 4 heterocycles. The number of nitrogens with zero attached hydrogens (tertiary/aromatic N) is 5. The topological polar surface area (TPSA) is 65.0 Å². The van der Waals surface area contributed by atoms with E-state index >= 15 is 0 Å². The van der Waals surface area contributed by atoms with Crippen molar-refractivity contribution < 1.29 is 9.84 Å². The van der Waals surface area contributed by atoms with Gasteiger partial charge in [0.1, 0.15) is 16.5 Å². The number of morpholine rings is 1. The van der Waals surface area contributed by atoms with Gasteiger partial charge in [0.2, 0.25) is 0 Å². The van der Waals surface area contributed by atoms with Crippen LogP contribution in [-0.4, -0.2) is 90.5 Å². The van der Waals surface area contributed by atoms with E-state index in [-0.39, 0.29) is 6.61 Å². The molecule has 0 radical (unpaired) electrons. The Bertz CT molecular complexity index is 843. The van der Waals surface area contributed by atoms with Crippen LogP contribution in [0.4, 0.5) is 5.82 Å². The number of aliphatic hydroxyl groups excluding tert-OH is 1. The molecule has 0 atom stereocenters. The lowest BCUT2D eigenvalue weighted by Crippen LogP contribution is -2.47. The average Bonchev–Trinajstić information content (AvgIpc) is 3.13. The van der Waals surface area contributed by atoms with E-state index in [2.05, 4.69) is 14.7 Å². The molecule has 29 heavy (non-hydrogen) atoms. The summed E-state index contributed by atoms with van der Waals surface area (Å²) in [4.78, 5) is 20.1. The van der Waals surface area contributed by atoms with Crippen molar-refractivity contribution in [2.45, 2.75) is 32.2 Å². The molecule has 2 aromatic rings. The fourth-order valence-corrected chi connectivity index (χ4v) is 6.04. The van der Waals surface area contributed by atoms with Crippen molar-refractivity contribution in [3.8, 4) is 0 Å². The highest BCUT2D eigenvalue weighted by molar-refractivity contribution is 7.19. The number of hydrogen-bond acceptors (Lipinski definition) is 8. The Labute approximate surface area is 176 Å². The molecule has 2 aliphatic heterocycles. The minimum Gasteiger partial charge on any atom is -0.395 e. The summed E-state index contributed by atoms with van der Waals surface area (Å²) < 4.78 is 5.50. The van der Waals surface area contributed by atoms with Gasteiger partial charge in [-0.2, -0.15) is 0 Å². The summed E-state index contributed by atoms with van der Waals surface area (Å²) in [6.45, 7) is 9.22. The molecule has 8 heteroatoms. The van der Waals surface area contributed by atoms with Crippen molar-refractivity contribution in [3.05, 3.63) is 16.3 Å². The SMILES string of the molecule is OCCN1CCN(c2nc(CN3CCOCC3)nc3sc4c(c23)CCCC4)CC1. The smallest absolute Gasteiger partial charge is 0.146 e. The molecule has 0 unspecified atom stereocenters. The average molecular weight is 418 g/mol. The molecule has 0 saturated carbocycles. The predicted molar refractivity (Wildman–Crippen MR) is 116 cm³/mol. The Balaban J connectivity index is 1.48. The van der Waals surface area contributed by atoms with Crippen molar-refractivity contribution in [1.82, 2.24) is 19.8 Å². The first-order valence-electron chi connectivity index (χ1n) is 11.0. The molecule has 2 aromatic heterocycles. The molecular formula is C21H31N5O2S. The molecule has 1 aliphatic carbocycles. The number of β-amino-alcohol motifs (C(OH)–C–C–N with tert-alkyl or cyclic N) is 1. The summed E-state index contributed by atoms with van der Waals surface area (Å²) in [6, 6.07) is 0. The van der Waals surface area contributed by atoms with Crippen LogP contribution < -0.4 is 4.90 Å². The van der Waals surface area contributed by atoms with Gasteiger partial charge in [-0.05, 0) is 31.2 Å². The van der Waals surface area contributed by atoms with Gasteiger partial charge in [-0.1, -0.05) is 0 Å². The first kappa shape index (κ1) is 19.6. The highest BCUT2D eigenvalue weighted by Gasteiger charge is 2.26. The summed E-state index contributed by atoms with van der Waals surface area (Å²) in [5, 5.41) is 10.6.